The highest BCUT2D eigenvalue weighted by molar-refractivity contribution is 14.1. The number of rotatable bonds is 2. The topological polar surface area (TPSA) is 15.6 Å². The second-order valence-corrected chi connectivity index (χ2v) is 2.74. The lowest BCUT2D eigenvalue weighted by atomic mass is 10.4. The van der Waals surface area contributed by atoms with Crippen LogP contribution in [0.5, 0.6) is 0 Å². The molecular weight excluding hydrogens is 215 g/mol. The first-order valence-corrected chi connectivity index (χ1v) is 3.58. The Morgan fingerprint density at radius 3 is 2.25 bits per heavy atom. The number of hydrogen-bond acceptors (Lipinski definition) is 2. The third-order valence-corrected chi connectivity index (χ3v) is 2.02. The summed E-state index contributed by atoms with van der Waals surface area (Å²) in [6.45, 7) is 6.10. The summed E-state index contributed by atoms with van der Waals surface area (Å²) >= 11 is 2.17. The minimum absolute atomic E-state index is 0.492. The van der Waals surface area contributed by atoms with Gasteiger partial charge in [0, 0.05) is 6.21 Å². The van der Waals surface area contributed by atoms with E-state index in [9.17, 15) is 0 Å². The molecule has 0 aromatic carbocycles. The average Bonchev–Trinajstić information content (AvgIpc) is 1.67. The Kier molecular flexibility index (Phi) is 4.22. The van der Waals surface area contributed by atoms with E-state index in [1.165, 1.54) is 0 Å². The summed E-state index contributed by atoms with van der Waals surface area (Å²) in [5.41, 5.74) is 0. The van der Waals surface area contributed by atoms with Crippen molar-refractivity contribution >= 4 is 29.1 Å². The normalized spacial score (nSPS) is 11.1. The van der Waals surface area contributed by atoms with Gasteiger partial charge in [-0.3, -0.25) is 0 Å². The van der Waals surface area contributed by atoms with Gasteiger partial charge in [-0.15, -0.1) is 0 Å². The molecule has 0 saturated heterocycles. The van der Waals surface area contributed by atoms with Crippen LogP contribution >= 0.6 is 22.9 Å². The molecule has 0 rings (SSSR count). The van der Waals surface area contributed by atoms with Crippen LogP contribution in [-0.4, -0.2) is 15.5 Å². The maximum atomic E-state index is 4.02. The Morgan fingerprint density at radius 2 is 2.12 bits per heavy atom. The number of hydrazone groups is 1. The first-order chi connectivity index (χ1) is 3.68. The molecule has 0 spiro atoms. The highest BCUT2D eigenvalue weighted by Crippen LogP contribution is 2.04. The Balaban J connectivity index is 3.47. The standard InChI is InChI=1S/C5H11IN2/c1-4-7-8(6)5(2)3/h4-5H,1-3H3/b7-4-. The third kappa shape index (κ3) is 3.23. The summed E-state index contributed by atoms with van der Waals surface area (Å²) in [6, 6.07) is 0.492. The van der Waals surface area contributed by atoms with Gasteiger partial charge < -0.3 is 0 Å². The van der Waals surface area contributed by atoms with Gasteiger partial charge in [-0.05, 0) is 20.8 Å². The van der Waals surface area contributed by atoms with Crippen LogP contribution in [0.3, 0.4) is 0 Å². The zero-order valence-electron chi connectivity index (χ0n) is 5.43. The van der Waals surface area contributed by atoms with E-state index < -0.39 is 0 Å². The highest BCUT2D eigenvalue weighted by Gasteiger charge is 1.96. The summed E-state index contributed by atoms with van der Waals surface area (Å²) < 4.78 is 1.89. The zero-order valence-corrected chi connectivity index (χ0v) is 7.58. The van der Waals surface area contributed by atoms with Crippen molar-refractivity contribution in [2.24, 2.45) is 5.10 Å². The minimum atomic E-state index is 0.492. The van der Waals surface area contributed by atoms with Gasteiger partial charge in [0.05, 0.1) is 28.9 Å². The van der Waals surface area contributed by atoms with E-state index in [-0.39, 0.29) is 0 Å². The maximum Gasteiger partial charge on any atom is 0.0786 e. The van der Waals surface area contributed by atoms with Crippen molar-refractivity contribution < 1.29 is 0 Å². The first kappa shape index (κ1) is 8.20. The molecular formula is C5H11IN2. The smallest absolute Gasteiger partial charge is 0.0786 e. The van der Waals surface area contributed by atoms with Crippen LogP contribution in [0.15, 0.2) is 5.10 Å². The maximum absolute atomic E-state index is 4.02. The largest absolute Gasteiger partial charge is 0.234 e. The summed E-state index contributed by atoms with van der Waals surface area (Å²) in [5, 5.41) is 4.02. The average molecular weight is 226 g/mol. The third-order valence-electron chi connectivity index (χ3n) is 0.652. The van der Waals surface area contributed by atoms with Gasteiger partial charge in [0.25, 0.3) is 0 Å². The zero-order chi connectivity index (χ0) is 6.57. The molecule has 0 aliphatic rings. The van der Waals surface area contributed by atoms with Crippen molar-refractivity contribution in [2.45, 2.75) is 26.8 Å². The van der Waals surface area contributed by atoms with Gasteiger partial charge in [-0.1, -0.05) is 0 Å². The van der Waals surface area contributed by atoms with Crippen molar-refractivity contribution in [3.05, 3.63) is 0 Å². The Hall–Kier alpha value is 0.200. The molecule has 0 bridgehead atoms. The van der Waals surface area contributed by atoms with Crippen molar-refractivity contribution in [2.75, 3.05) is 0 Å². The Morgan fingerprint density at radius 1 is 1.62 bits per heavy atom. The van der Waals surface area contributed by atoms with Gasteiger partial charge in [0.1, 0.15) is 0 Å². The molecule has 0 heterocycles. The second-order valence-electron chi connectivity index (χ2n) is 1.76. The van der Waals surface area contributed by atoms with Gasteiger partial charge in [0.2, 0.25) is 0 Å². The molecule has 0 fully saturated rings. The second kappa shape index (κ2) is 4.12. The molecule has 0 aromatic rings. The SMILES string of the molecule is C/C=N\N(I)C(C)C. The van der Waals surface area contributed by atoms with Crippen LogP contribution in [0, 0.1) is 0 Å². The molecule has 0 radical (unpaired) electrons. The van der Waals surface area contributed by atoms with E-state index in [2.05, 4.69) is 41.8 Å². The quantitative estimate of drug-likeness (QED) is 0.304. The molecule has 3 heteroatoms. The predicted octanol–water partition coefficient (Wildman–Crippen LogP) is 2.05. The molecule has 0 saturated carbocycles. The summed E-state index contributed by atoms with van der Waals surface area (Å²) in [7, 11) is 0. The fourth-order valence-electron chi connectivity index (χ4n) is 0.244. The fourth-order valence-corrected chi connectivity index (χ4v) is 0.493. The molecule has 0 atom stereocenters. The lowest BCUT2D eigenvalue weighted by Gasteiger charge is -2.12. The first-order valence-electron chi connectivity index (χ1n) is 2.62. The molecule has 0 amide bonds. The number of halogens is 1. The summed E-state index contributed by atoms with van der Waals surface area (Å²) in [6.07, 6.45) is 1.78. The van der Waals surface area contributed by atoms with E-state index in [1.54, 1.807) is 6.21 Å². The monoisotopic (exact) mass is 226 g/mol. The molecule has 0 aromatic heterocycles. The lowest BCUT2D eigenvalue weighted by Crippen LogP contribution is -2.12. The van der Waals surface area contributed by atoms with Crippen LogP contribution < -0.4 is 0 Å². The van der Waals surface area contributed by atoms with E-state index in [1.807, 2.05) is 10.1 Å². The van der Waals surface area contributed by atoms with Crippen LogP contribution in [0.25, 0.3) is 0 Å². The Bertz CT molecular complexity index is 80.5. The lowest BCUT2D eigenvalue weighted by molar-refractivity contribution is 0.456. The minimum Gasteiger partial charge on any atom is -0.234 e. The molecule has 8 heavy (non-hydrogen) atoms. The Labute approximate surface area is 64.4 Å². The van der Waals surface area contributed by atoms with E-state index in [0.29, 0.717) is 6.04 Å². The van der Waals surface area contributed by atoms with E-state index in [4.69, 9.17) is 0 Å². The van der Waals surface area contributed by atoms with Crippen LogP contribution in [0.1, 0.15) is 20.8 Å². The van der Waals surface area contributed by atoms with E-state index in [0.717, 1.165) is 0 Å². The van der Waals surface area contributed by atoms with Crippen LogP contribution in [-0.2, 0) is 0 Å². The summed E-state index contributed by atoms with van der Waals surface area (Å²) in [5.74, 6) is 0. The predicted molar refractivity (Wildman–Crippen MR) is 45.2 cm³/mol. The van der Waals surface area contributed by atoms with E-state index >= 15 is 0 Å². The molecule has 2 nitrogen and oxygen atoms in total. The van der Waals surface area contributed by atoms with Gasteiger partial charge >= 0.3 is 0 Å². The van der Waals surface area contributed by atoms with Crippen LogP contribution in [0.2, 0.25) is 0 Å². The fraction of sp³-hybridized carbons (Fsp3) is 0.800. The van der Waals surface area contributed by atoms with Crippen molar-refractivity contribution in [1.82, 2.24) is 3.22 Å². The van der Waals surface area contributed by atoms with Crippen molar-refractivity contribution in [3.63, 3.8) is 0 Å². The molecule has 0 aliphatic heterocycles. The summed E-state index contributed by atoms with van der Waals surface area (Å²) in [4.78, 5) is 0. The van der Waals surface area contributed by atoms with Crippen molar-refractivity contribution in [3.8, 4) is 0 Å². The molecule has 0 unspecified atom stereocenters. The molecule has 0 N–H and O–H groups in total. The van der Waals surface area contributed by atoms with Gasteiger partial charge in [-0.2, -0.15) is 5.10 Å². The number of hydrogen-bond donors (Lipinski definition) is 0. The highest BCUT2D eigenvalue weighted by atomic mass is 127. The van der Waals surface area contributed by atoms with Crippen molar-refractivity contribution in [1.29, 1.82) is 0 Å². The van der Waals surface area contributed by atoms with Crippen LogP contribution in [0.4, 0.5) is 0 Å². The number of nitrogens with zero attached hydrogens (tertiary/aromatic N) is 2. The molecule has 0 aliphatic carbocycles. The van der Waals surface area contributed by atoms with Gasteiger partial charge in [0.15, 0.2) is 0 Å². The van der Waals surface area contributed by atoms with Gasteiger partial charge in [-0.25, -0.2) is 3.22 Å². The molecule has 48 valence electrons.